The van der Waals surface area contributed by atoms with Gasteiger partial charge in [-0.05, 0) is 33.6 Å². The van der Waals surface area contributed by atoms with Gasteiger partial charge in [0.25, 0.3) is 0 Å². The minimum atomic E-state index is -0.528. The van der Waals surface area contributed by atoms with E-state index in [0.717, 1.165) is 17.1 Å². The van der Waals surface area contributed by atoms with Gasteiger partial charge in [0.05, 0.1) is 23.3 Å². The lowest BCUT2D eigenvalue weighted by atomic mass is 10.0. The molecule has 0 radical (unpaired) electrons. The third-order valence-corrected chi connectivity index (χ3v) is 4.33. The fourth-order valence-corrected chi connectivity index (χ4v) is 3.13. The van der Waals surface area contributed by atoms with Gasteiger partial charge in [0, 0.05) is 17.9 Å². The predicted molar refractivity (Wildman–Crippen MR) is 70.9 cm³/mol. The fourth-order valence-electron chi connectivity index (χ4n) is 1.77. The molecule has 1 fully saturated rings. The predicted octanol–water partition coefficient (Wildman–Crippen LogP) is 2.62. The van der Waals surface area contributed by atoms with Gasteiger partial charge in [-0.2, -0.15) is 11.8 Å². The number of hydrogen-bond acceptors (Lipinski definition) is 3. The second-order valence-electron chi connectivity index (χ2n) is 4.00. The summed E-state index contributed by atoms with van der Waals surface area (Å²) in [6.07, 6.45) is -0.151. The monoisotopic (exact) mass is 320 g/mol. The molecule has 17 heavy (non-hydrogen) atoms. The Balaban J connectivity index is 1.96. The van der Waals surface area contributed by atoms with Gasteiger partial charge < -0.3 is 9.84 Å². The number of halogens is 2. The Morgan fingerprint density at radius 1 is 1.59 bits per heavy atom. The molecule has 5 heteroatoms. The molecule has 1 aliphatic rings. The minimum absolute atomic E-state index is 0.113. The molecule has 1 aliphatic heterocycles. The zero-order chi connectivity index (χ0) is 12.3. The van der Waals surface area contributed by atoms with Crippen molar-refractivity contribution in [1.82, 2.24) is 0 Å². The Labute approximate surface area is 113 Å². The second-order valence-corrected chi connectivity index (χ2v) is 6.01. The fraction of sp³-hybridized carbons (Fsp3) is 0.500. The number of thioether (sulfide) groups is 1. The Hall–Kier alpha value is -0.100. The van der Waals surface area contributed by atoms with Crippen molar-refractivity contribution in [1.29, 1.82) is 0 Å². The molecule has 0 saturated carbocycles. The maximum atomic E-state index is 13.1. The maximum absolute atomic E-state index is 13.1. The SMILES string of the molecule is OC(Cc1ccc(F)c(Br)c1)C1CSCCO1. The average Bonchev–Trinajstić information content (AvgIpc) is 2.35. The van der Waals surface area contributed by atoms with E-state index in [-0.39, 0.29) is 11.9 Å². The third-order valence-electron chi connectivity index (χ3n) is 2.70. The lowest BCUT2D eigenvalue weighted by Crippen LogP contribution is -2.36. The normalized spacial score (nSPS) is 22.4. The minimum Gasteiger partial charge on any atom is -0.390 e. The molecule has 0 aromatic heterocycles. The van der Waals surface area contributed by atoms with Crippen molar-refractivity contribution in [3.05, 3.63) is 34.1 Å². The highest BCUT2D eigenvalue weighted by molar-refractivity contribution is 9.10. The highest BCUT2D eigenvalue weighted by Gasteiger charge is 2.23. The molecule has 1 saturated heterocycles. The van der Waals surface area contributed by atoms with Crippen molar-refractivity contribution in [3.63, 3.8) is 0 Å². The second kappa shape index (κ2) is 6.18. The number of ether oxygens (including phenoxy) is 1. The van der Waals surface area contributed by atoms with Crippen LogP contribution in [0, 0.1) is 5.82 Å². The summed E-state index contributed by atoms with van der Waals surface area (Å²) in [6.45, 7) is 0.694. The van der Waals surface area contributed by atoms with Crippen molar-refractivity contribution in [2.75, 3.05) is 18.1 Å². The van der Waals surface area contributed by atoms with Gasteiger partial charge in [0.2, 0.25) is 0 Å². The van der Waals surface area contributed by atoms with Crippen molar-refractivity contribution in [2.24, 2.45) is 0 Å². The van der Waals surface area contributed by atoms with Crippen LogP contribution in [-0.2, 0) is 11.2 Å². The molecular weight excluding hydrogens is 307 g/mol. The van der Waals surface area contributed by atoms with E-state index in [9.17, 15) is 9.50 Å². The number of benzene rings is 1. The van der Waals surface area contributed by atoms with E-state index in [1.54, 1.807) is 23.9 Å². The Morgan fingerprint density at radius 3 is 3.06 bits per heavy atom. The summed E-state index contributed by atoms with van der Waals surface area (Å²) in [5.74, 6) is 1.53. The summed E-state index contributed by atoms with van der Waals surface area (Å²) < 4.78 is 19.0. The molecule has 1 aromatic rings. The first-order chi connectivity index (χ1) is 8.16. The van der Waals surface area contributed by atoms with Gasteiger partial charge in [-0.25, -0.2) is 4.39 Å². The van der Waals surface area contributed by atoms with Gasteiger partial charge in [0.15, 0.2) is 0 Å². The van der Waals surface area contributed by atoms with Crippen molar-refractivity contribution in [2.45, 2.75) is 18.6 Å². The number of rotatable bonds is 3. The molecule has 0 spiro atoms. The van der Waals surface area contributed by atoms with Crippen LogP contribution in [0.25, 0.3) is 0 Å². The molecule has 0 amide bonds. The molecule has 2 nitrogen and oxygen atoms in total. The summed E-state index contributed by atoms with van der Waals surface area (Å²) in [6, 6.07) is 4.80. The van der Waals surface area contributed by atoms with Gasteiger partial charge in [-0.1, -0.05) is 6.07 Å². The van der Waals surface area contributed by atoms with Crippen molar-refractivity contribution >= 4 is 27.7 Å². The van der Waals surface area contributed by atoms with Crippen LogP contribution in [0.3, 0.4) is 0 Å². The van der Waals surface area contributed by atoms with Gasteiger partial charge in [-0.3, -0.25) is 0 Å². The van der Waals surface area contributed by atoms with E-state index < -0.39 is 6.10 Å². The lowest BCUT2D eigenvalue weighted by Gasteiger charge is -2.26. The molecular formula is C12H14BrFO2S. The van der Waals surface area contributed by atoms with Crippen LogP contribution in [0.5, 0.6) is 0 Å². The molecule has 94 valence electrons. The summed E-state index contributed by atoms with van der Waals surface area (Å²) in [5, 5.41) is 10.0. The van der Waals surface area contributed by atoms with E-state index in [1.807, 2.05) is 0 Å². The summed E-state index contributed by atoms with van der Waals surface area (Å²) in [5.41, 5.74) is 0.907. The zero-order valence-corrected chi connectivity index (χ0v) is 11.6. The molecule has 0 aliphatic carbocycles. The number of hydrogen-bond donors (Lipinski definition) is 1. The molecule has 2 atom stereocenters. The smallest absolute Gasteiger partial charge is 0.137 e. The number of aliphatic hydroxyl groups is 1. The lowest BCUT2D eigenvalue weighted by molar-refractivity contribution is -0.0208. The van der Waals surface area contributed by atoms with E-state index in [4.69, 9.17) is 4.74 Å². The topological polar surface area (TPSA) is 29.5 Å². The van der Waals surface area contributed by atoms with Gasteiger partial charge in [-0.15, -0.1) is 0 Å². The van der Waals surface area contributed by atoms with E-state index in [0.29, 0.717) is 17.5 Å². The first kappa shape index (κ1) is 13.3. The van der Waals surface area contributed by atoms with Crippen LogP contribution in [-0.4, -0.2) is 35.4 Å². The molecule has 1 N–H and O–H groups in total. The van der Waals surface area contributed by atoms with Crippen LogP contribution in [0.4, 0.5) is 4.39 Å². The maximum Gasteiger partial charge on any atom is 0.137 e. The largest absolute Gasteiger partial charge is 0.390 e. The molecule has 0 bridgehead atoms. The first-order valence-corrected chi connectivity index (χ1v) is 7.43. The van der Waals surface area contributed by atoms with Crippen molar-refractivity contribution < 1.29 is 14.2 Å². The Bertz CT molecular complexity index is 383. The molecule has 1 heterocycles. The van der Waals surface area contributed by atoms with Gasteiger partial charge in [0.1, 0.15) is 5.82 Å². The van der Waals surface area contributed by atoms with Crippen LogP contribution >= 0.6 is 27.7 Å². The van der Waals surface area contributed by atoms with E-state index >= 15 is 0 Å². The molecule has 2 unspecified atom stereocenters. The summed E-state index contributed by atoms with van der Waals surface area (Å²) >= 11 is 4.93. The standard InChI is InChI=1S/C12H14BrFO2S/c13-9-5-8(1-2-10(9)14)6-11(15)12-7-17-4-3-16-12/h1-2,5,11-12,15H,3-4,6-7H2. The van der Waals surface area contributed by atoms with Crippen LogP contribution in [0.15, 0.2) is 22.7 Å². The number of aliphatic hydroxyl groups excluding tert-OH is 1. The third kappa shape index (κ3) is 3.68. The van der Waals surface area contributed by atoms with E-state index in [2.05, 4.69) is 15.9 Å². The quantitative estimate of drug-likeness (QED) is 0.928. The summed E-state index contributed by atoms with van der Waals surface area (Å²) in [7, 11) is 0. The Morgan fingerprint density at radius 2 is 2.41 bits per heavy atom. The Kier molecular flexibility index (Phi) is 4.85. The van der Waals surface area contributed by atoms with Gasteiger partial charge >= 0.3 is 0 Å². The molecule has 1 aromatic carbocycles. The van der Waals surface area contributed by atoms with E-state index in [1.165, 1.54) is 6.07 Å². The molecule has 2 rings (SSSR count). The highest BCUT2D eigenvalue weighted by Crippen LogP contribution is 2.21. The average molecular weight is 321 g/mol. The van der Waals surface area contributed by atoms with Crippen molar-refractivity contribution in [3.8, 4) is 0 Å². The highest BCUT2D eigenvalue weighted by atomic mass is 79.9. The van der Waals surface area contributed by atoms with Crippen LogP contribution in [0.1, 0.15) is 5.56 Å². The van der Waals surface area contributed by atoms with Crippen LogP contribution in [0.2, 0.25) is 0 Å². The van der Waals surface area contributed by atoms with Crippen LogP contribution < -0.4 is 0 Å². The summed E-state index contributed by atoms with van der Waals surface area (Å²) in [4.78, 5) is 0. The zero-order valence-electron chi connectivity index (χ0n) is 9.23. The first-order valence-electron chi connectivity index (χ1n) is 5.48.